The van der Waals surface area contributed by atoms with Gasteiger partial charge in [-0.1, -0.05) is 139 Å². The Morgan fingerprint density at radius 3 is 1.50 bits per heavy atom. The van der Waals surface area contributed by atoms with Crippen LogP contribution >= 0.6 is 0 Å². The number of para-hydroxylation sites is 1. The van der Waals surface area contributed by atoms with Gasteiger partial charge in [0.2, 0.25) is 0 Å². The van der Waals surface area contributed by atoms with Crippen molar-refractivity contribution in [3.05, 3.63) is 163 Å². The van der Waals surface area contributed by atoms with Crippen LogP contribution in [0.4, 0.5) is 0 Å². The Bertz CT molecular complexity index is 2040. The van der Waals surface area contributed by atoms with Crippen LogP contribution in [0, 0.1) is 6.92 Å². The van der Waals surface area contributed by atoms with Gasteiger partial charge in [0.05, 0.1) is 15.9 Å². The summed E-state index contributed by atoms with van der Waals surface area (Å²) in [5.41, 5.74) is 2.38. The van der Waals surface area contributed by atoms with Crippen molar-refractivity contribution >= 4 is 60.6 Å². The molecule has 0 aliphatic rings. The molecule has 0 fully saturated rings. The molecule has 0 saturated heterocycles. The average molecular weight is 580 g/mol. The van der Waals surface area contributed by atoms with Gasteiger partial charge in [-0.2, -0.15) is 0 Å². The van der Waals surface area contributed by atoms with Crippen LogP contribution in [0.15, 0.2) is 163 Å². The second-order valence-electron chi connectivity index (χ2n) is 10.7. The number of benzene rings is 6. The number of aromatic nitrogens is 1. The summed E-state index contributed by atoms with van der Waals surface area (Å²) in [5, 5.41) is 6.69. The third-order valence-corrected chi connectivity index (χ3v) is 14.8. The van der Waals surface area contributed by atoms with E-state index >= 15 is 0 Å². The Balaban J connectivity index is 1.62. The first-order chi connectivity index (χ1) is 20.5. The standard InChI is InChI=1S/C37H29NO2SSi/c1-28-21-23-29(24-22-28)41(39,40)38-36-20-12-11-19-34(36)35-26-25-33(27-37(35)38)42(30-13-5-2-6-14-30,31-15-7-3-8-16-31)32-17-9-4-10-18-32/h2-27H,1H3. The van der Waals surface area contributed by atoms with Crippen LogP contribution in [-0.2, 0) is 10.0 Å². The summed E-state index contributed by atoms with van der Waals surface area (Å²) >= 11 is 0. The lowest BCUT2D eigenvalue weighted by Crippen LogP contribution is -2.74. The minimum atomic E-state index is -3.89. The summed E-state index contributed by atoms with van der Waals surface area (Å²) in [6.45, 7) is 1.96. The Morgan fingerprint density at radius 2 is 0.952 bits per heavy atom. The lowest BCUT2D eigenvalue weighted by Gasteiger charge is -2.34. The Morgan fingerprint density at radius 1 is 0.476 bits per heavy atom. The van der Waals surface area contributed by atoms with Crippen molar-refractivity contribution in [2.75, 3.05) is 0 Å². The molecule has 5 heteroatoms. The highest BCUT2D eigenvalue weighted by Crippen LogP contribution is 2.32. The predicted octanol–water partition coefficient (Wildman–Crippen LogP) is 5.72. The van der Waals surface area contributed by atoms with E-state index in [-0.39, 0.29) is 4.90 Å². The molecule has 0 spiro atoms. The summed E-state index contributed by atoms with van der Waals surface area (Å²) in [6, 6.07) is 53.4. The summed E-state index contributed by atoms with van der Waals surface area (Å²) < 4.78 is 30.3. The second kappa shape index (κ2) is 10.3. The topological polar surface area (TPSA) is 39.1 Å². The lowest BCUT2D eigenvalue weighted by molar-refractivity contribution is 0.590. The highest BCUT2D eigenvalue weighted by Gasteiger charge is 2.41. The molecule has 0 aliphatic heterocycles. The monoisotopic (exact) mass is 579 g/mol. The van der Waals surface area contributed by atoms with Gasteiger partial charge in [-0.05, 0) is 51.9 Å². The van der Waals surface area contributed by atoms with Gasteiger partial charge in [-0.15, -0.1) is 0 Å². The van der Waals surface area contributed by atoms with E-state index in [0.29, 0.717) is 11.0 Å². The third-order valence-electron chi connectivity index (χ3n) is 8.24. The fourth-order valence-electron chi connectivity index (χ4n) is 6.31. The van der Waals surface area contributed by atoms with Gasteiger partial charge in [0.25, 0.3) is 10.0 Å². The Labute approximate surface area is 247 Å². The number of hydrogen-bond donors (Lipinski definition) is 0. The van der Waals surface area contributed by atoms with Gasteiger partial charge in [0, 0.05) is 10.8 Å². The van der Waals surface area contributed by atoms with Crippen LogP contribution in [0.1, 0.15) is 5.56 Å². The molecular formula is C37H29NO2SSi. The molecule has 7 rings (SSSR count). The van der Waals surface area contributed by atoms with E-state index in [9.17, 15) is 8.42 Å². The smallest absolute Gasteiger partial charge is 0.233 e. The van der Waals surface area contributed by atoms with E-state index in [0.717, 1.165) is 21.5 Å². The van der Waals surface area contributed by atoms with Crippen molar-refractivity contribution in [1.29, 1.82) is 0 Å². The minimum absolute atomic E-state index is 0.277. The molecule has 0 aliphatic carbocycles. The van der Waals surface area contributed by atoms with Crippen molar-refractivity contribution in [3.63, 3.8) is 0 Å². The van der Waals surface area contributed by atoms with Gasteiger partial charge in [0.1, 0.15) is 0 Å². The van der Waals surface area contributed by atoms with Crippen molar-refractivity contribution in [2.45, 2.75) is 11.8 Å². The molecule has 3 nitrogen and oxygen atoms in total. The Kier molecular flexibility index (Phi) is 6.42. The van der Waals surface area contributed by atoms with Crippen molar-refractivity contribution in [1.82, 2.24) is 3.97 Å². The maximum atomic E-state index is 14.4. The molecule has 0 unspecified atom stereocenters. The van der Waals surface area contributed by atoms with Crippen LogP contribution in [0.3, 0.4) is 0 Å². The molecule has 1 aromatic heterocycles. The number of rotatable bonds is 6. The highest BCUT2D eigenvalue weighted by molar-refractivity contribution is 7.90. The zero-order valence-electron chi connectivity index (χ0n) is 23.2. The lowest BCUT2D eigenvalue weighted by atomic mass is 10.1. The molecule has 42 heavy (non-hydrogen) atoms. The maximum Gasteiger partial charge on any atom is 0.268 e. The number of hydrogen-bond acceptors (Lipinski definition) is 2. The minimum Gasteiger partial charge on any atom is -0.233 e. The van der Waals surface area contributed by atoms with Crippen LogP contribution in [-0.4, -0.2) is 20.5 Å². The van der Waals surface area contributed by atoms with E-state index in [1.807, 2.05) is 61.5 Å². The first-order valence-electron chi connectivity index (χ1n) is 14.0. The molecule has 0 saturated carbocycles. The zero-order chi connectivity index (χ0) is 28.7. The summed E-state index contributed by atoms with van der Waals surface area (Å²) in [4.78, 5) is 0.277. The van der Waals surface area contributed by atoms with Gasteiger partial charge in [-0.3, -0.25) is 0 Å². The molecule has 0 amide bonds. The largest absolute Gasteiger partial charge is 0.268 e. The zero-order valence-corrected chi connectivity index (χ0v) is 25.0. The van der Waals surface area contributed by atoms with Gasteiger partial charge < -0.3 is 0 Å². The van der Waals surface area contributed by atoms with Gasteiger partial charge >= 0.3 is 0 Å². The molecule has 1 heterocycles. The van der Waals surface area contributed by atoms with E-state index in [2.05, 4.69) is 91.0 Å². The molecule has 0 radical (unpaired) electrons. The molecular weight excluding hydrogens is 551 g/mol. The third kappa shape index (κ3) is 4.04. The maximum absolute atomic E-state index is 14.4. The van der Waals surface area contributed by atoms with Gasteiger partial charge in [-0.25, -0.2) is 12.4 Å². The SMILES string of the molecule is Cc1ccc(S(=O)(=O)n2c3ccccc3c3ccc([Si](c4ccccc4)(c4ccccc4)c4ccccc4)cc32)cc1. The van der Waals surface area contributed by atoms with E-state index in [1.165, 1.54) is 15.6 Å². The van der Waals surface area contributed by atoms with E-state index in [4.69, 9.17) is 0 Å². The molecule has 0 atom stereocenters. The van der Waals surface area contributed by atoms with Crippen LogP contribution in [0.2, 0.25) is 0 Å². The first kappa shape index (κ1) is 26.2. The van der Waals surface area contributed by atoms with Crippen molar-refractivity contribution in [2.24, 2.45) is 0 Å². The summed E-state index contributed by atoms with van der Waals surface area (Å²) in [7, 11) is -6.73. The summed E-state index contributed by atoms with van der Waals surface area (Å²) in [5.74, 6) is 0. The van der Waals surface area contributed by atoms with E-state index < -0.39 is 18.1 Å². The fraction of sp³-hybridized carbons (Fsp3) is 0.0270. The van der Waals surface area contributed by atoms with Crippen LogP contribution in [0.25, 0.3) is 21.8 Å². The number of aryl methyl sites for hydroxylation is 1. The molecule has 204 valence electrons. The van der Waals surface area contributed by atoms with Crippen molar-refractivity contribution < 1.29 is 8.42 Å². The van der Waals surface area contributed by atoms with Gasteiger partial charge in [0.15, 0.2) is 8.07 Å². The number of fused-ring (bicyclic) bond motifs is 3. The molecule has 7 aromatic rings. The second-order valence-corrected chi connectivity index (χ2v) is 16.3. The van der Waals surface area contributed by atoms with Crippen molar-refractivity contribution in [3.8, 4) is 0 Å². The van der Waals surface area contributed by atoms with Crippen LogP contribution in [0.5, 0.6) is 0 Å². The molecule has 6 aromatic carbocycles. The molecule has 0 bridgehead atoms. The fourth-order valence-corrected chi connectivity index (χ4v) is 12.6. The quantitative estimate of drug-likeness (QED) is 0.187. The molecule has 0 N–H and O–H groups in total. The normalized spacial score (nSPS) is 12.1. The van der Waals surface area contributed by atoms with Crippen LogP contribution < -0.4 is 20.7 Å². The predicted molar refractivity (Wildman–Crippen MR) is 177 cm³/mol. The van der Waals surface area contributed by atoms with E-state index in [1.54, 1.807) is 16.1 Å². The number of nitrogens with zero attached hydrogens (tertiary/aromatic N) is 1. The first-order valence-corrected chi connectivity index (χ1v) is 17.5. The average Bonchev–Trinajstić information content (AvgIpc) is 3.38. The summed E-state index contributed by atoms with van der Waals surface area (Å²) in [6.07, 6.45) is 0. The Hall–Kier alpha value is -4.71. The highest BCUT2D eigenvalue weighted by atomic mass is 32.2.